The number of rotatable bonds is 0. The average molecular weight is 290 g/mol. The van der Waals surface area contributed by atoms with E-state index < -0.39 is 6.10 Å². The van der Waals surface area contributed by atoms with Crippen molar-refractivity contribution in [1.29, 1.82) is 0 Å². The minimum atomic E-state index is -0.680. The van der Waals surface area contributed by atoms with E-state index in [0.717, 1.165) is 18.3 Å². The van der Waals surface area contributed by atoms with Crippen molar-refractivity contribution in [2.45, 2.75) is 77.7 Å². The summed E-state index contributed by atoms with van der Waals surface area (Å²) in [5.74, 6) is 3.02. The molecule has 0 amide bonds. The van der Waals surface area contributed by atoms with Gasteiger partial charge >= 0.3 is 0 Å². The molecule has 4 aliphatic rings. The molecule has 2 heteroatoms. The second kappa shape index (κ2) is 4.57. The average Bonchev–Trinajstić information content (AvgIpc) is 2.70. The van der Waals surface area contributed by atoms with Gasteiger partial charge in [-0.3, -0.25) is 4.79 Å². The third-order valence-corrected chi connectivity index (χ3v) is 8.37. The maximum absolute atomic E-state index is 12.1. The van der Waals surface area contributed by atoms with Gasteiger partial charge in [-0.05, 0) is 67.6 Å². The van der Waals surface area contributed by atoms with Gasteiger partial charge in [-0.15, -0.1) is 0 Å². The molecule has 0 aromatic carbocycles. The van der Waals surface area contributed by atoms with E-state index in [1.54, 1.807) is 0 Å². The molecule has 0 aromatic heterocycles. The van der Waals surface area contributed by atoms with Crippen LogP contribution in [0.5, 0.6) is 0 Å². The van der Waals surface area contributed by atoms with Crippen LogP contribution in [-0.4, -0.2) is 17.0 Å². The Bertz CT molecular complexity index is 458. The van der Waals surface area contributed by atoms with Crippen molar-refractivity contribution in [3.8, 4) is 0 Å². The molecular weight excluding hydrogens is 260 g/mol. The predicted octanol–water partition coefficient (Wildman–Crippen LogP) is 3.96. The normalized spacial score (nSPS) is 56.5. The SMILES string of the molecule is C[C@]12CC[C@H]3[C@@H](CCC4CCCC[C@@]43C)[C@@H]1CC(=O)[C@@H]2O. The van der Waals surface area contributed by atoms with Crippen molar-refractivity contribution >= 4 is 5.78 Å². The van der Waals surface area contributed by atoms with Crippen LogP contribution in [0.2, 0.25) is 0 Å². The molecule has 0 saturated heterocycles. The van der Waals surface area contributed by atoms with Gasteiger partial charge in [0.15, 0.2) is 5.78 Å². The maximum Gasteiger partial charge on any atom is 0.162 e. The largest absolute Gasteiger partial charge is 0.385 e. The zero-order valence-electron chi connectivity index (χ0n) is 13.6. The van der Waals surface area contributed by atoms with Crippen LogP contribution in [0, 0.1) is 34.5 Å². The fourth-order valence-electron chi connectivity index (χ4n) is 7.06. The molecule has 1 unspecified atom stereocenters. The number of ketones is 1. The number of aliphatic hydroxyl groups excluding tert-OH is 1. The van der Waals surface area contributed by atoms with Crippen LogP contribution in [-0.2, 0) is 4.79 Å². The van der Waals surface area contributed by atoms with Crippen molar-refractivity contribution in [2.75, 3.05) is 0 Å². The molecule has 4 rings (SSSR count). The van der Waals surface area contributed by atoms with Gasteiger partial charge in [-0.25, -0.2) is 0 Å². The van der Waals surface area contributed by atoms with E-state index in [2.05, 4.69) is 13.8 Å². The number of carbonyl (C=O) groups excluding carboxylic acids is 1. The fraction of sp³-hybridized carbons (Fsp3) is 0.947. The molecule has 0 heterocycles. The van der Waals surface area contributed by atoms with Gasteiger partial charge in [0.1, 0.15) is 6.10 Å². The van der Waals surface area contributed by atoms with E-state index in [9.17, 15) is 9.90 Å². The van der Waals surface area contributed by atoms with Gasteiger partial charge in [-0.1, -0.05) is 26.7 Å². The highest BCUT2D eigenvalue weighted by atomic mass is 16.3. The first-order valence-electron chi connectivity index (χ1n) is 9.17. The lowest BCUT2D eigenvalue weighted by atomic mass is 9.45. The zero-order chi connectivity index (χ0) is 14.8. The molecule has 4 fully saturated rings. The highest BCUT2D eigenvalue weighted by molar-refractivity contribution is 5.86. The van der Waals surface area contributed by atoms with Crippen LogP contribution in [0.4, 0.5) is 0 Å². The summed E-state index contributed by atoms with van der Waals surface area (Å²) in [4.78, 5) is 12.1. The van der Waals surface area contributed by atoms with E-state index in [0.29, 0.717) is 23.7 Å². The quantitative estimate of drug-likeness (QED) is 0.733. The predicted molar refractivity (Wildman–Crippen MR) is 82.7 cm³/mol. The highest BCUT2D eigenvalue weighted by Gasteiger charge is 2.61. The van der Waals surface area contributed by atoms with Crippen LogP contribution in [0.25, 0.3) is 0 Å². The molecule has 4 aliphatic carbocycles. The molecule has 0 aliphatic heterocycles. The molecule has 118 valence electrons. The summed E-state index contributed by atoms with van der Waals surface area (Å²) in [6, 6.07) is 0. The Kier molecular flexibility index (Phi) is 3.10. The van der Waals surface area contributed by atoms with Gasteiger partial charge in [0.05, 0.1) is 0 Å². The highest BCUT2D eigenvalue weighted by Crippen LogP contribution is 2.65. The first-order valence-corrected chi connectivity index (χ1v) is 9.17. The summed E-state index contributed by atoms with van der Waals surface area (Å²) in [6.45, 7) is 4.75. The first-order chi connectivity index (χ1) is 9.97. The molecule has 21 heavy (non-hydrogen) atoms. The van der Waals surface area contributed by atoms with Crippen LogP contribution in [0.3, 0.4) is 0 Å². The summed E-state index contributed by atoms with van der Waals surface area (Å²) in [5.41, 5.74) is 0.412. The Morgan fingerprint density at radius 3 is 2.57 bits per heavy atom. The number of Topliss-reactive ketones (excluding diaryl/α,β-unsaturated/α-hetero) is 1. The second-order valence-corrected chi connectivity index (χ2v) is 9.02. The van der Waals surface area contributed by atoms with E-state index in [4.69, 9.17) is 0 Å². The smallest absolute Gasteiger partial charge is 0.162 e. The van der Waals surface area contributed by atoms with Gasteiger partial charge < -0.3 is 5.11 Å². The summed E-state index contributed by atoms with van der Waals surface area (Å²) in [6.07, 6.45) is 10.6. The van der Waals surface area contributed by atoms with E-state index >= 15 is 0 Å². The molecule has 0 bridgehead atoms. The van der Waals surface area contributed by atoms with Crippen molar-refractivity contribution in [1.82, 2.24) is 0 Å². The summed E-state index contributed by atoms with van der Waals surface area (Å²) in [7, 11) is 0. The summed E-state index contributed by atoms with van der Waals surface area (Å²) in [5, 5.41) is 10.4. The van der Waals surface area contributed by atoms with E-state index in [1.807, 2.05) is 0 Å². The van der Waals surface area contributed by atoms with E-state index in [-0.39, 0.29) is 11.2 Å². The zero-order valence-corrected chi connectivity index (χ0v) is 13.6. The number of carbonyl (C=O) groups is 1. The lowest BCUT2D eigenvalue weighted by molar-refractivity contribution is -0.133. The standard InChI is InChI=1S/C19H30O2/c1-18-9-4-3-5-12(18)6-7-13-14(18)8-10-19(2)15(13)11-16(20)17(19)21/h12-15,17,21H,3-11H2,1-2H3/t12?,13-,14+,15+,17+,18+,19+/m1/s1. The Labute approximate surface area is 128 Å². The van der Waals surface area contributed by atoms with Crippen LogP contribution < -0.4 is 0 Å². The van der Waals surface area contributed by atoms with Crippen LogP contribution in [0.15, 0.2) is 0 Å². The van der Waals surface area contributed by atoms with Crippen molar-refractivity contribution < 1.29 is 9.90 Å². The molecule has 1 N–H and O–H groups in total. The minimum absolute atomic E-state index is 0.115. The molecule has 2 nitrogen and oxygen atoms in total. The van der Waals surface area contributed by atoms with Gasteiger partial charge in [0.25, 0.3) is 0 Å². The third kappa shape index (κ3) is 1.77. The summed E-state index contributed by atoms with van der Waals surface area (Å²) < 4.78 is 0. The molecule has 4 saturated carbocycles. The Morgan fingerprint density at radius 1 is 0.952 bits per heavy atom. The Morgan fingerprint density at radius 2 is 1.76 bits per heavy atom. The topological polar surface area (TPSA) is 37.3 Å². The van der Waals surface area contributed by atoms with Crippen LogP contribution >= 0.6 is 0 Å². The van der Waals surface area contributed by atoms with Crippen molar-refractivity contribution in [3.63, 3.8) is 0 Å². The molecule has 0 spiro atoms. The number of fused-ring (bicyclic) bond motifs is 5. The molecular formula is C19H30O2. The summed E-state index contributed by atoms with van der Waals surface area (Å²) >= 11 is 0. The molecule has 0 radical (unpaired) electrons. The lowest BCUT2D eigenvalue weighted by Crippen LogP contribution is -2.53. The number of hydrogen-bond acceptors (Lipinski definition) is 2. The minimum Gasteiger partial charge on any atom is -0.385 e. The maximum atomic E-state index is 12.1. The van der Waals surface area contributed by atoms with Crippen LogP contribution in [0.1, 0.15) is 71.6 Å². The van der Waals surface area contributed by atoms with Crippen molar-refractivity contribution in [2.24, 2.45) is 34.5 Å². The van der Waals surface area contributed by atoms with Gasteiger partial charge in [0, 0.05) is 11.8 Å². The Hall–Kier alpha value is -0.370. The van der Waals surface area contributed by atoms with Crippen molar-refractivity contribution in [3.05, 3.63) is 0 Å². The first kappa shape index (κ1) is 14.2. The monoisotopic (exact) mass is 290 g/mol. The number of hydrogen-bond donors (Lipinski definition) is 1. The fourth-order valence-corrected chi connectivity index (χ4v) is 7.06. The molecule has 7 atom stereocenters. The lowest BCUT2D eigenvalue weighted by Gasteiger charge is -2.60. The molecule has 0 aromatic rings. The van der Waals surface area contributed by atoms with E-state index in [1.165, 1.54) is 44.9 Å². The third-order valence-electron chi connectivity index (χ3n) is 8.37. The number of aliphatic hydroxyl groups is 1. The second-order valence-electron chi connectivity index (χ2n) is 9.02. The van der Waals surface area contributed by atoms with Gasteiger partial charge in [-0.2, -0.15) is 0 Å². The Balaban J connectivity index is 1.67. The van der Waals surface area contributed by atoms with Gasteiger partial charge in [0.2, 0.25) is 0 Å².